The van der Waals surface area contributed by atoms with Crippen molar-refractivity contribution in [3.8, 4) is 28.3 Å². The molecule has 0 amide bonds. The number of nitrogens with zero attached hydrogens (tertiary/aromatic N) is 3. The highest BCUT2D eigenvalue weighted by molar-refractivity contribution is 6.08. The van der Waals surface area contributed by atoms with Gasteiger partial charge in [-0.1, -0.05) is 52.8 Å². The number of hydrogen-bond donors (Lipinski definition) is 0. The molecule has 0 saturated carbocycles. The van der Waals surface area contributed by atoms with E-state index in [1.165, 1.54) is 72.1 Å². The smallest absolute Gasteiger partial charge is 0.217 e. The maximum Gasteiger partial charge on any atom is 0.217 e. The molecule has 7 aromatic rings. The Bertz CT molecular complexity index is 2900. The fourth-order valence-corrected chi connectivity index (χ4v) is 9.45. The van der Waals surface area contributed by atoms with E-state index in [1.54, 1.807) is 0 Å². The highest BCUT2D eigenvalue weighted by atomic mass is 16.5. The van der Waals surface area contributed by atoms with Crippen molar-refractivity contribution in [3.63, 3.8) is 0 Å². The molecule has 294 valence electrons. The summed E-state index contributed by atoms with van der Waals surface area (Å²) in [5.41, 5.74) is 19.9. The first kappa shape index (κ1) is 37.9. The van der Waals surface area contributed by atoms with E-state index in [-0.39, 0.29) is 17.4 Å². The number of rotatable bonds is 5. The normalized spacial score (nSPS) is 17.3. The molecule has 1 aliphatic carbocycles. The van der Waals surface area contributed by atoms with Gasteiger partial charge in [-0.25, -0.2) is 9.98 Å². The van der Waals surface area contributed by atoms with E-state index in [0.29, 0.717) is 5.90 Å². The van der Waals surface area contributed by atoms with Gasteiger partial charge in [0, 0.05) is 34.2 Å². The number of aromatic nitrogens is 2. The van der Waals surface area contributed by atoms with Gasteiger partial charge in [0.05, 0.1) is 11.2 Å². The van der Waals surface area contributed by atoms with Crippen LogP contribution in [0.5, 0.6) is 11.5 Å². The van der Waals surface area contributed by atoms with Crippen LogP contribution in [-0.4, -0.2) is 15.4 Å². The minimum Gasteiger partial charge on any atom is -0.464 e. The molecule has 9 rings (SSSR count). The van der Waals surface area contributed by atoms with Crippen LogP contribution in [-0.2, 0) is 15.8 Å². The second kappa shape index (κ2) is 13.2. The Labute approximate surface area is 343 Å². The van der Waals surface area contributed by atoms with Crippen LogP contribution in [0.3, 0.4) is 0 Å². The van der Waals surface area contributed by atoms with Crippen molar-refractivity contribution in [2.24, 2.45) is 4.99 Å². The second-order valence-corrected chi connectivity index (χ2v) is 18.6. The Morgan fingerprint density at radius 1 is 0.741 bits per heavy atom. The van der Waals surface area contributed by atoms with Crippen molar-refractivity contribution in [2.45, 2.75) is 113 Å². The van der Waals surface area contributed by atoms with Gasteiger partial charge in [-0.3, -0.25) is 4.57 Å². The molecule has 2 aromatic heterocycles. The number of fused-ring (bicyclic) bond motifs is 9. The molecule has 1 aliphatic heterocycles. The molecule has 0 saturated heterocycles. The van der Waals surface area contributed by atoms with Crippen molar-refractivity contribution >= 4 is 27.8 Å². The highest BCUT2D eigenvalue weighted by Gasteiger charge is 2.51. The lowest BCUT2D eigenvalue weighted by Crippen LogP contribution is -2.34. The summed E-state index contributed by atoms with van der Waals surface area (Å²) in [5, 5.41) is 2.34. The minimum absolute atomic E-state index is 0.0345. The Morgan fingerprint density at radius 2 is 1.45 bits per heavy atom. The van der Waals surface area contributed by atoms with Crippen molar-refractivity contribution in [1.82, 2.24) is 9.55 Å². The van der Waals surface area contributed by atoms with Crippen molar-refractivity contribution < 1.29 is 9.47 Å². The number of hydrogen-bond acceptors (Lipinski definition) is 4. The Balaban J connectivity index is 1.15. The average molecular weight is 766 g/mol. The summed E-state index contributed by atoms with van der Waals surface area (Å²) in [6.07, 6.45) is 1.88. The topological polar surface area (TPSA) is 48.6 Å². The lowest BCUT2D eigenvalue weighted by Gasteiger charge is -2.40. The summed E-state index contributed by atoms with van der Waals surface area (Å²) in [6.45, 7) is 29.1. The molecule has 0 fully saturated rings. The summed E-state index contributed by atoms with van der Waals surface area (Å²) < 4.78 is 16.3. The molecule has 0 unspecified atom stereocenters. The maximum atomic E-state index is 7.20. The first-order chi connectivity index (χ1) is 27.4. The van der Waals surface area contributed by atoms with E-state index >= 15 is 0 Å². The number of benzene rings is 5. The predicted octanol–water partition coefficient (Wildman–Crippen LogP) is 14.0. The molecule has 5 heteroatoms. The van der Waals surface area contributed by atoms with Crippen LogP contribution in [0.15, 0.2) is 90.1 Å². The third kappa shape index (κ3) is 5.80. The van der Waals surface area contributed by atoms with Crippen LogP contribution in [0.4, 0.5) is 0 Å². The molecule has 2 aliphatic rings. The van der Waals surface area contributed by atoms with E-state index < -0.39 is 5.60 Å². The standard InChI is InChI=1S/C53H55N3O2/c1-28(2)36-23-37(51-55-49-44-21-30(4)32(6)34(8)47(44)48-35(9)33(7)31(5)22-45(48)53(49,13)58-51)25-41(24-36)57-40-20-29(3)19-39(27-40)56-46-17-16-38(52(10,11)12)26-43(46)42-15-14-18-54-50(42)56/h14-28,49H,1-13H3/t49-,53+/m1/s1. The predicted molar refractivity (Wildman–Crippen MR) is 241 cm³/mol. The molecule has 3 heterocycles. The van der Waals surface area contributed by atoms with E-state index in [2.05, 4.69) is 167 Å². The molecule has 0 spiro atoms. The van der Waals surface area contributed by atoms with Gasteiger partial charge in [-0.15, -0.1) is 0 Å². The van der Waals surface area contributed by atoms with Gasteiger partial charge >= 0.3 is 0 Å². The van der Waals surface area contributed by atoms with Gasteiger partial charge < -0.3 is 9.47 Å². The summed E-state index contributed by atoms with van der Waals surface area (Å²) >= 11 is 0. The van der Waals surface area contributed by atoms with Gasteiger partial charge in [-0.2, -0.15) is 0 Å². The second-order valence-electron chi connectivity index (χ2n) is 18.6. The molecule has 58 heavy (non-hydrogen) atoms. The van der Waals surface area contributed by atoms with Crippen LogP contribution >= 0.6 is 0 Å². The van der Waals surface area contributed by atoms with Gasteiger partial charge in [0.1, 0.15) is 23.2 Å². The zero-order chi connectivity index (χ0) is 41.2. The SMILES string of the molecule is Cc1cc(Oc2cc(C3=N[C@@H]4c5cc(C)c(C)c(C)c5-c5c(cc(C)c(C)c5C)[C@]4(C)O3)cc(C(C)C)c2)cc(-n2c3ccc(C(C)(C)C)cc3c3cccnc32)c1. The number of ether oxygens (including phenoxy) is 2. The molecular weight excluding hydrogens is 711 g/mol. The third-order valence-electron chi connectivity index (χ3n) is 13.3. The molecule has 5 nitrogen and oxygen atoms in total. The van der Waals surface area contributed by atoms with Crippen molar-refractivity contribution in [2.75, 3.05) is 0 Å². The summed E-state index contributed by atoms with van der Waals surface area (Å²) in [7, 11) is 0. The fraction of sp³-hybridized carbons (Fsp3) is 0.321. The first-order valence-corrected chi connectivity index (χ1v) is 20.8. The zero-order valence-corrected chi connectivity index (χ0v) is 36.4. The van der Waals surface area contributed by atoms with Gasteiger partial charge in [0.25, 0.3) is 0 Å². The molecule has 2 atom stereocenters. The first-order valence-electron chi connectivity index (χ1n) is 20.8. The third-order valence-corrected chi connectivity index (χ3v) is 13.3. The summed E-state index contributed by atoms with van der Waals surface area (Å²) in [5.74, 6) is 2.44. The molecule has 5 aromatic carbocycles. The van der Waals surface area contributed by atoms with Crippen LogP contribution in [0.25, 0.3) is 38.8 Å². The monoisotopic (exact) mass is 765 g/mol. The Kier molecular flexibility index (Phi) is 8.60. The molecule has 0 radical (unpaired) electrons. The largest absolute Gasteiger partial charge is 0.464 e. The quantitative estimate of drug-likeness (QED) is 0.175. The maximum absolute atomic E-state index is 7.20. The van der Waals surface area contributed by atoms with Gasteiger partial charge in [0.15, 0.2) is 5.60 Å². The minimum atomic E-state index is -0.667. The van der Waals surface area contributed by atoms with Crippen LogP contribution < -0.4 is 4.74 Å². The number of aryl methyl sites for hydroxylation is 3. The lowest BCUT2D eigenvalue weighted by molar-refractivity contribution is 0.0725. The fourth-order valence-electron chi connectivity index (χ4n) is 9.45. The average Bonchev–Trinajstić information content (AvgIpc) is 3.71. The highest BCUT2D eigenvalue weighted by Crippen LogP contribution is 2.58. The van der Waals surface area contributed by atoms with Crippen LogP contribution in [0.1, 0.15) is 120 Å². The summed E-state index contributed by atoms with van der Waals surface area (Å²) in [6, 6.07) is 28.5. The molecular formula is C53H55N3O2. The zero-order valence-electron chi connectivity index (χ0n) is 36.4. The lowest BCUT2D eigenvalue weighted by atomic mass is 9.69. The van der Waals surface area contributed by atoms with Crippen LogP contribution in [0, 0.1) is 48.5 Å². The summed E-state index contributed by atoms with van der Waals surface area (Å²) in [4.78, 5) is 10.4. The Hall–Kier alpha value is -5.68. The number of pyridine rings is 1. The van der Waals surface area contributed by atoms with E-state index in [0.717, 1.165) is 44.9 Å². The van der Waals surface area contributed by atoms with E-state index in [1.807, 2.05) is 12.3 Å². The van der Waals surface area contributed by atoms with Crippen LogP contribution in [0.2, 0.25) is 0 Å². The molecule has 0 bridgehead atoms. The van der Waals surface area contributed by atoms with E-state index in [4.69, 9.17) is 19.5 Å². The van der Waals surface area contributed by atoms with Gasteiger partial charge in [-0.05, 0) is 188 Å². The van der Waals surface area contributed by atoms with E-state index in [9.17, 15) is 0 Å². The number of aliphatic imine (C=N–C) groups is 1. The van der Waals surface area contributed by atoms with Gasteiger partial charge in [0.2, 0.25) is 5.90 Å². The van der Waals surface area contributed by atoms with Crippen molar-refractivity contribution in [1.29, 1.82) is 0 Å². The Morgan fingerprint density at radius 3 is 2.17 bits per heavy atom. The molecule has 0 N–H and O–H groups in total. The van der Waals surface area contributed by atoms with Crippen molar-refractivity contribution in [3.05, 3.63) is 152 Å².